The van der Waals surface area contributed by atoms with E-state index in [0.717, 1.165) is 20.7 Å². The summed E-state index contributed by atoms with van der Waals surface area (Å²) >= 11 is 8.87. The summed E-state index contributed by atoms with van der Waals surface area (Å²) in [7, 11) is 0. The fourth-order valence-electron chi connectivity index (χ4n) is 2.11. The van der Waals surface area contributed by atoms with Crippen molar-refractivity contribution >= 4 is 45.5 Å². The first-order valence-corrected chi connectivity index (χ1v) is 9.81. The molecule has 2 heterocycles. The Balaban J connectivity index is 1.37. The van der Waals surface area contributed by atoms with Gasteiger partial charge in [0.15, 0.2) is 4.34 Å². The van der Waals surface area contributed by atoms with Crippen LogP contribution in [0, 0.1) is 0 Å². The van der Waals surface area contributed by atoms with Crippen molar-refractivity contribution in [3.8, 4) is 11.5 Å². The van der Waals surface area contributed by atoms with E-state index >= 15 is 0 Å². The Morgan fingerprint density at radius 1 is 0.962 bits per heavy atom. The molecule has 26 heavy (non-hydrogen) atoms. The van der Waals surface area contributed by atoms with E-state index in [1.165, 1.54) is 23.1 Å². The van der Waals surface area contributed by atoms with Gasteiger partial charge in [-0.25, -0.2) is 0 Å². The van der Waals surface area contributed by atoms with E-state index in [2.05, 4.69) is 25.7 Å². The van der Waals surface area contributed by atoms with E-state index in [9.17, 15) is 0 Å². The second-order valence-electron chi connectivity index (χ2n) is 5.16. The molecule has 6 nitrogen and oxygen atoms in total. The van der Waals surface area contributed by atoms with Crippen LogP contribution in [0.15, 0.2) is 63.4 Å². The highest BCUT2D eigenvalue weighted by molar-refractivity contribution is 8.00. The van der Waals surface area contributed by atoms with Crippen LogP contribution in [0.5, 0.6) is 0 Å². The maximum absolute atomic E-state index is 5.89. The molecule has 0 spiro atoms. The predicted molar refractivity (Wildman–Crippen MR) is 104 cm³/mol. The van der Waals surface area contributed by atoms with Crippen LogP contribution in [0.25, 0.3) is 11.5 Å². The van der Waals surface area contributed by atoms with E-state index in [1.807, 2.05) is 42.5 Å². The molecule has 0 aliphatic rings. The molecule has 4 aromatic rings. The number of halogens is 1. The molecule has 0 radical (unpaired) electrons. The maximum atomic E-state index is 5.89. The van der Waals surface area contributed by atoms with Crippen LogP contribution in [-0.4, -0.2) is 20.4 Å². The standard InChI is InChI=1S/C17H12ClN5OS2/c18-12-8-6-11(7-9-12)15-21-20-14(24-15)10-25-17-23-22-16(26-17)19-13-4-2-1-3-5-13/h1-9H,10H2,(H,19,22). The molecule has 0 saturated carbocycles. The molecule has 0 atom stereocenters. The minimum absolute atomic E-state index is 0.473. The molecule has 4 rings (SSSR count). The molecule has 0 unspecified atom stereocenters. The smallest absolute Gasteiger partial charge is 0.247 e. The lowest BCUT2D eigenvalue weighted by molar-refractivity contribution is 0.528. The highest BCUT2D eigenvalue weighted by Crippen LogP contribution is 2.30. The maximum Gasteiger partial charge on any atom is 0.247 e. The fraction of sp³-hybridized carbons (Fsp3) is 0.0588. The van der Waals surface area contributed by atoms with E-state index < -0.39 is 0 Å². The van der Waals surface area contributed by atoms with Crippen molar-refractivity contribution in [3.63, 3.8) is 0 Å². The third-order valence-corrected chi connectivity index (χ3v) is 5.52. The molecule has 0 amide bonds. The first-order chi connectivity index (χ1) is 12.8. The van der Waals surface area contributed by atoms with Crippen molar-refractivity contribution in [1.29, 1.82) is 0 Å². The van der Waals surface area contributed by atoms with Crippen LogP contribution >= 0.6 is 34.7 Å². The molecular weight excluding hydrogens is 390 g/mol. The van der Waals surface area contributed by atoms with Crippen LogP contribution in [0.3, 0.4) is 0 Å². The molecule has 0 fully saturated rings. The molecule has 130 valence electrons. The number of benzene rings is 2. The molecule has 2 aromatic carbocycles. The summed E-state index contributed by atoms with van der Waals surface area (Å²) in [4.78, 5) is 0. The molecule has 9 heteroatoms. The molecule has 1 N–H and O–H groups in total. The van der Waals surface area contributed by atoms with Gasteiger partial charge in [-0.15, -0.1) is 20.4 Å². The average molecular weight is 402 g/mol. The first-order valence-electron chi connectivity index (χ1n) is 7.63. The molecule has 0 saturated heterocycles. The largest absolute Gasteiger partial charge is 0.420 e. The van der Waals surface area contributed by atoms with Gasteiger partial charge >= 0.3 is 0 Å². The quantitative estimate of drug-likeness (QED) is 0.440. The number of anilines is 2. The summed E-state index contributed by atoms with van der Waals surface area (Å²) in [5.74, 6) is 1.54. The lowest BCUT2D eigenvalue weighted by Gasteiger charge is -1.99. The Bertz CT molecular complexity index is 988. The number of aromatic nitrogens is 4. The molecule has 2 aromatic heterocycles. The summed E-state index contributed by atoms with van der Waals surface area (Å²) in [6.07, 6.45) is 0. The van der Waals surface area contributed by atoms with Crippen LogP contribution in [0.4, 0.5) is 10.8 Å². The van der Waals surface area contributed by atoms with Crippen molar-refractivity contribution in [2.75, 3.05) is 5.32 Å². The second kappa shape index (κ2) is 7.86. The highest BCUT2D eigenvalue weighted by Gasteiger charge is 2.11. The van der Waals surface area contributed by atoms with Crippen molar-refractivity contribution in [3.05, 3.63) is 65.5 Å². The number of hydrogen-bond donors (Lipinski definition) is 1. The zero-order chi connectivity index (χ0) is 17.8. The second-order valence-corrected chi connectivity index (χ2v) is 7.80. The molecule has 0 bridgehead atoms. The number of hydrogen-bond acceptors (Lipinski definition) is 8. The molecule has 0 aliphatic heterocycles. The lowest BCUT2D eigenvalue weighted by atomic mass is 10.2. The van der Waals surface area contributed by atoms with Crippen molar-refractivity contribution in [1.82, 2.24) is 20.4 Å². The fourth-order valence-corrected chi connectivity index (χ4v) is 3.84. The minimum Gasteiger partial charge on any atom is -0.420 e. The van der Waals surface area contributed by atoms with Crippen LogP contribution in [-0.2, 0) is 5.75 Å². The Morgan fingerprint density at radius 3 is 2.58 bits per heavy atom. The topological polar surface area (TPSA) is 76.7 Å². The summed E-state index contributed by atoms with van der Waals surface area (Å²) in [5, 5.41) is 21.1. The normalized spacial score (nSPS) is 10.8. The average Bonchev–Trinajstić information content (AvgIpc) is 3.31. The number of para-hydroxylation sites is 1. The van der Waals surface area contributed by atoms with Crippen LogP contribution in [0.1, 0.15) is 5.89 Å². The third kappa shape index (κ3) is 4.21. The van der Waals surface area contributed by atoms with Crippen molar-refractivity contribution in [2.45, 2.75) is 10.1 Å². The monoisotopic (exact) mass is 401 g/mol. The van der Waals surface area contributed by atoms with Gasteiger partial charge in [-0.1, -0.05) is 52.9 Å². The summed E-state index contributed by atoms with van der Waals surface area (Å²) in [6.45, 7) is 0. The number of thioether (sulfide) groups is 1. The van der Waals surface area contributed by atoms with Crippen LogP contribution in [0.2, 0.25) is 5.02 Å². The van der Waals surface area contributed by atoms with Gasteiger partial charge in [0.2, 0.25) is 16.9 Å². The number of rotatable bonds is 6. The van der Waals surface area contributed by atoms with E-state index in [0.29, 0.717) is 22.6 Å². The van der Waals surface area contributed by atoms with Crippen LogP contribution < -0.4 is 5.32 Å². The van der Waals surface area contributed by atoms with Gasteiger partial charge in [0.1, 0.15) is 0 Å². The van der Waals surface area contributed by atoms with E-state index in [4.69, 9.17) is 16.0 Å². The van der Waals surface area contributed by atoms with Gasteiger partial charge < -0.3 is 9.73 Å². The Hall–Kier alpha value is -2.42. The van der Waals surface area contributed by atoms with Gasteiger partial charge in [-0.2, -0.15) is 0 Å². The predicted octanol–water partition coefficient (Wildman–Crippen LogP) is 5.28. The Morgan fingerprint density at radius 2 is 1.77 bits per heavy atom. The lowest BCUT2D eigenvalue weighted by Crippen LogP contribution is -1.87. The van der Waals surface area contributed by atoms with Crippen molar-refractivity contribution in [2.24, 2.45) is 0 Å². The zero-order valence-electron chi connectivity index (χ0n) is 13.3. The van der Waals surface area contributed by atoms with Gasteiger partial charge in [-0.3, -0.25) is 0 Å². The first kappa shape index (κ1) is 17.0. The van der Waals surface area contributed by atoms with Gasteiger partial charge in [0, 0.05) is 16.3 Å². The number of nitrogens with zero attached hydrogens (tertiary/aromatic N) is 4. The molecular formula is C17H12ClN5OS2. The summed E-state index contributed by atoms with van der Waals surface area (Å²) in [5.41, 5.74) is 1.81. The Kier molecular flexibility index (Phi) is 5.14. The van der Waals surface area contributed by atoms with Crippen molar-refractivity contribution < 1.29 is 4.42 Å². The van der Waals surface area contributed by atoms with E-state index in [1.54, 1.807) is 12.1 Å². The third-order valence-electron chi connectivity index (χ3n) is 3.31. The summed E-state index contributed by atoms with van der Waals surface area (Å²) in [6, 6.07) is 17.1. The number of nitrogens with one attached hydrogen (secondary N) is 1. The Labute approximate surface area is 162 Å². The highest BCUT2D eigenvalue weighted by atomic mass is 35.5. The van der Waals surface area contributed by atoms with Gasteiger partial charge in [-0.05, 0) is 36.4 Å². The van der Waals surface area contributed by atoms with Gasteiger partial charge in [0.05, 0.1) is 5.75 Å². The summed E-state index contributed by atoms with van der Waals surface area (Å²) < 4.78 is 6.52. The van der Waals surface area contributed by atoms with E-state index in [-0.39, 0.29) is 0 Å². The zero-order valence-corrected chi connectivity index (χ0v) is 15.7. The SMILES string of the molecule is Clc1ccc(-c2nnc(CSc3nnc(Nc4ccccc4)s3)o2)cc1. The molecule has 0 aliphatic carbocycles. The van der Waals surface area contributed by atoms with Gasteiger partial charge in [0.25, 0.3) is 0 Å². The minimum atomic E-state index is 0.473.